The zero-order valence-corrected chi connectivity index (χ0v) is 9.77. The molecule has 0 heterocycles. The molecule has 0 aliphatic carbocycles. The Morgan fingerprint density at radius 3 is 2.71 bits per heavy atom. The number of hydrogen-bond acceptors (Lipinski definition) is 4. The second-order valence-corrected chi connectivity index (χ2v) is 4.08. The Labute approximate surface area is 103 Å². The van der Waals surface area contributed by atoms with Gasteiger partial charge in [-0.15, -0.1) is 0 Å². The van der Waals surface area contributed by atoms with Gasteiger partial charge in [-0.1, -0.05) is 11.6 Å². The van der Waals surface area contributed by atoms with Crippen molar-refractivity contribution in [1.82, 2.24) is 0 Å². The van der Waals surface area contributed by atoms with Crippen molar-refractivity contribution in [3.05, 3.63) is 28.8 Å². The maximum absolute atomic E-state index is 10.6. The fourth-order valence-corrected chi connectivity index (χ4v) is 1.23. The van der Waals surface area contributed by atoms with Crippen LogP contribution in [0.4, 0.5) is 0 Å². The number of carboxylic acid groups (broad SMARTS) is 1. The summed E-state index contributed by atoms with van der Waals surface area (Å²) in [5.74, 6) is -1.18. The van der Waals surface area contributed by atoms with Crippen molar-refractivity contribution in [3.63, 3.8) is 0 Å². The lowest BCUT2D eigenvalue weighted by molar-refractivity contribution is -0.159. The van der Waals surface area contributed by atoms with Gasteiger partial charge in [0.1, 0.15) is 18.6 Å². The maximum atomic E-state index is 10.6. The van der Waals surface area contributed by atoms with Crippen LogP contribution in [-0.2, 0) is 4.79 Å². The standard InChI is InChI=1S/C11H11ClO5/c1-11(16,10(14)15)6-17-9-3-2-7(5-13)4-8(9)12/h2-5,16H,6H2,1H3,(H,14,15). The van der Waals surface area contributed by atoms with Crippen molar-refractivity contribution < 1.29 is 24.5 Å². The van der Waals surface area contributed by atoms with Crippen LogP contribution in [0.5, 0.6) is 5.75 Å². The highest BCUT2D eigenvalue weighted by molar-refractivity contribution is 6.32. The molecule has 1 atom stereocenters. The minimum atomic E-state index is -1.99. The topological polar surface area (TPSA) is 83.8 Å². The Hall–Kier alpha value is -1.59. The third-order valence-corrected chi connectivity index (χ3v) is 2.36. The molecule has 1 unspecified atom stereocenters. The average Bonchev–Trinajstić information content (AvgIpc) is 2.27. The molecule has 0 saturated heterocycles. The highest BCUT2D eigenvalue weighted by Gasteiger charge is 2.31. The summed E-state index contributed by atoms with van der Waals surface area (Å²) < 4.78 is 5.08. The van der Waals surface area contributed by atoms with Crippen molar-refractivity contribution >= 4 is 23.9 Å². The first-order chi connectivity index (χ1) is 7.86. The van der Waals surface area contributed by atoms with E-state index in [1.807, 2.05) is 0 Å². The van der Waals surface area contributed by atoms with Gasteiger partial charge in [0.25, 0.3) is 0 Å². The third-order valence-electron chi connectivity index (χ3n) is 2.06. The molecule has 0 aliphatic heterocycles. The summed E-state index contributed by atoms with van der Waals surface area (Å²) in [7, 11) is 0. The predicted octanol–water partition coefficient (Wildman–Crippen LogP) is 1.37. The lowest BCUT2D eigenvalue weighted by Gasteiger charge is -2.18. The molecule has 0 amide bonds. The number of rotatable bonds is 5. The summed E-state index contributed by atoms with van der Waals surface area (Å²) in [6.07, 6.45) is 0.628. The van der Waals surface area contributed by atoms with E-state index in [9.17, 15) is 14.7 Å². The van der Waals surface area contributed by atoms with E-state index in [1.54, 1.807) is 0 Å². The van der Waals surface area contributed by atoms with Crippen LogP contribution >= 0.6 is 11.6 Å². The highest BCUT2D eigenvalue weighted by atomic mass is 35.5. The lowest BCUT2D eigenvalue weighted by atomic mass is 10.1. The van der Waals surface area contributed by atoms with E-state index in [4.69, 9.17) is 21.4 Å². The van der Waals surface area contributed by atoms with E-state index < -0.39 is 18.2 Å². The van der Waals surface area contributed by atoms with Crippen LogP contribution in [0.25, 0.3) is 0 Å². The van der Waals surface area contributed by atoms with Gasteiger partial charge in [-0.25, -0.2) is 4.79 Å². The van der Waals surface area contributed by atoms with Gasteiger partial charge in [0, 0.05) is 5.56 Å². The van der Waals surface area contributed by atoms with Crippen molar-refractivity contribution in [2.75, 3.05) is 6.61 Å². The van der Waals surface area contributed by atoms with Gasteiger partial charge in [-0.3, -0.25) is 4.79 Å². The second-order valence-electron chi connectivity index (χ2n) is 3.68. The quantitative estimate of drug-likeness (QED) is 0.779. The van der Waals surface area contributed by atoms with Gasteiger partial charge in [0.2, 0.25) is 0 Å². The van der Waals surface area contributed by atoms with Gasteiger partial charge >= 0.3 is 5.97 Å². The average molecular weight is 259 g/mol. The Balaban J connectivity index is 2.76. The molecular weight excluding hydrogens is 248 g/mol. The van der Waals surface area contributed by atoms with E-state index in [0.29, 0.717) is 11.8 Å². The number of halogens is 1. The smallest absolute Gasteiger partial charge is 0.339 e. The second kappa shape index (κ2) is 5.16. The number of aliphatic hydroxyl groups is 1. The number of ether oxygens (including phenoxy) is 1. The third kappa shape index (κ3) is 3.44. The number of carboxylic acids is 1. The molecule has 2 N–H and O–H groups in total. The Morgan fingerprint density at radius 1 is 1.59 bits per heavy atom. The van der Waals surface area contributed by atoms with Gasteiger partial charge in [0.15, 0.2) is 5.60 Å². The normalized spacial score (nSPS) is 13.8. The molecular formula is C11H11ClO5. The summed E-state index contributed by atoms with van der Waals surface area (Å²) in [5, 5.41) is 18.3. The summed E-state index contributed by atoms with van der Waals surface area (Å²) in [5.41, 5.74) is -1.61. The fourth-order valence-electron chi connectivity index (χ4n) is 0.987. The molecule has 0 saturated carbocycles. The highest BCUT2D eigenvalue weighted by Crippen LogP contribution is 2.25. The summed E-state index contributed by atoms with van der Waals surface area (Å²) in [4.78, 5) is 21.1. The summed E-state index contributed by atoms with van der Waals surface area (Å²) in [6, 6.07) is 4.30. The van der Waals surface area contributed by atoms with Gasteiger partial charge in [-0.05, 0) is 25.1 Å². The molecule has 0 fully saturated rings. The lowest BCUT2D eigenvalue weighted by Crippen LogP contribution is -2.41. The summed E-state index contributed by atoms with van der Waals surface area (Å²) >= 11 is 5.80. The molecule has 5 nitrogen and oxygen atoms in total. The van der Waals surface area contributed by atoms with Crippen molar-refractivity contribution in [3.8, 4) is 5.75 Å². The van der Waals surface area contributed by atoms with Crippen molar-refractivity contribution in [2.45, 2.75) is 12.5 Å². The van der Waals surface area contributed by atoms with Gasteiger partial charge in [-0.2, -0.15) is 0 Å². The molecule has 17 heavy (non-hydrogen) atoms. The zero-order valence-electron chi connectivity index (χ0n) is 9.01. The molecule has 1 aromatic carbocycles. The Kier molecular flexibility index (Phi) is 4.09. The van der Waals surface area contributed by atoms with Crippen LogP contribution in [0.1, 0.15) is 17.3 Å². The van der Waals surface area contributed by atoms with Crippen molar-refractivity contribution in [1.29, 1.82) is 0 Å². The van der Waals surface area contributed by atoms with Crippen LogP contribution in [0.2, 0.25) is 5.02 Å². The molecule has 0 spiro atoms. The molecule has 0 aliphatic rings. The Bertz CT molecular complexity index is 441. The van der Waals surface area contributed by atoms with Gasteiger partial charge in [0.05, 0.1) is 5.02 Å². The number of benzene rings is 1. The molecule has 6 heteroatoms. The number of hydrogen-bond donors (Lipinski definition) is 2. The first-order valence-electron chi connectivity index (χ1n) is 4.70. The van der Waals surface area contributed by atoms with E-state index in [2.05, 4.69) is 0 Å². The first-order valence-corrected chi connectivity index (χ1v) is 5.08. The number of aldehydes is 1. The monoisotopic (exact) mass is 258 g/mol. The van der Waals surface area contributed by atoms with Gasteiger partial charge < -0.3 is 14.9 Å². The Morgan fingerprint density at radius 2 is 2.24 bits per heavy atom. The van der Waals surface area contributed by atoms with E-state index in [0.717, 1.165) is 6.92 Å². The molecule has 0 aromatic heterocycles. The summed E-state index contributed by atoms with van der Waals surface area (Å²) in [6.45, 7) is 0.672. The fraction of sp³-hybridized carbons (Fsp3) is 0.273. The van der Waals surface area contributed by atoms with Crippen LogP contribution in [0.15, 0.2) is 18.2 Å². The van der Waals surface area contributed by atoms with Crippen LogP contribution in [0, 0.1) is 0 Å². The molecule has 1 aromatic rings. The van der Waals surface area contributed by atoms with E-state index >= 15 is 0 Å². The minimum Gasteiger partial charge on any atom is -0.488 e. The first kappa shape index (κ1) is 13.5. The molecule has 0 bridgehead atoms. The van der Waals surface area contributed by atoms with Crippen LogP contribution < -0.4 is 4.74 Å². The SMILES string of the molecule is CC(O)(COc1ccc(C=O)cc1Cl)C(=O)O. The maximum Gasteiger partial charge on any atom is 0.339 e. The van der Waals surface area contributed by atoms with Crippen LogP contribution in [0.3, 0.4) is 0 Å². The molecule has 0 radical (unpaired) electrons. The van der Waals surface area contributed by atoms with E-state index in [-0.39, 0.29) is 10.8 Å². The number of carbonyl (C=O) groups excluding carboxylic acids is 1. The molecule has 1 rings (SSSR count). The number of aliphatic carboxylic acids is 1. The van der Waals surface area contributed by atoms with Crippen molar-refractivity contribution in [2.24, 2.45) is 0 Å². The predicted molar refractivity (Wildman–Crippen MR) is 60.6 cm³/mol. The minimum absolute atomic E-state index is 0.177. The molecule has 92 valence electrons. The zero-order chi connectivity index (χ0) is 13.1. The van der Waals surface area contributed by atoms with Crippen LogP contribution in [-0.4, -0.2) is 34.7 Å². The number of carbonyl (C=O) groups is 2. The van der Waals surface area contributed by atoms with E-state index in [1.165, 1.54) is 18.2 Å². The largest absolute Gasteiger partial charge is 0.488 e.